The number of amides is 2. The van der Waals surface area contributed by atoms with Crippen molar-refractivity contribution in [1.82, 2.24) is 15.8 Å². The average Bonchev–Trinajstić information content (AvgIpc) is 2.66. The van der Waals surface area contributed by atoms with Crippen molar-refractivity contribution in [3.8, 4) is 0 Å². The van der Waals surface area contributed by atoms with Crippen LogP contribution in [0.25, 0.3) is 10.9 Å². The van der Waals surface area contributed by atoms with Gasteiger partial charge in [-0.1, -0.05) is 41.6 Å². The summed E-state index contributed by atoms with van der Waals surface area (Å²) in [5.74, 6) is -0.572. The van der Waals surface area contributed by atoms with Crippen molar-refractivity contribution < 1.29 is 9.59 Å². The summed E-state index contributed by atoms with van der Waals surface area (Å²) in [7, 11) is 0. The summed E-state index contributed by atoms with van der Waals surface area (Å²) in [5, 5.41) is 2.42. The van der Waals surface area contributed by atoms with Crippen LogP contribution in [0.5, 0.6) is 0 Å². The van der Waals surface area contributed by atoms with Crippen LogP contribution < -0.4 is 10.9 Å². The highest BCUT2D eigenvalue weighted by molar-refractivity contribution is 7.99. The molecule has 0 saturated carbocycles. The summed E-state index contributed by atoms with van der Waals surface area (Å²) in [5.41, 5.74) is 8.36. The topological polar surface area (TPSA) is 71.1 Å². The number of hydrogen-bond donors (Lipinski definition) is 2. The molecule has 1 heterocycles. The highest BCUT2D eigenvalue weighted by Gasteiger charge is 2.10. The molecule has 0 unspecified atom stereocenters. The van der Waals surface area contributed by atoms with Gasteiger partial charge in [-0.15, -0.1) is 0 Å². The van der Waals surface area contributed by atoms with E-state index in [2.05, 4.69) is 15.8 Å². The lowest BCUT2D eigenvalue weighted by atomic mass is 10.1. The molecule has 27 heavy (non-hydrogen) atoms. The lowest BCUT2D eigenvalue weighted by Gasteiger charge is -2.09. The highest BCUT2D eigenvalue weighted by Crippen LogP contribution is 2.25. The first kappa shape index (κ1) is 19.2. The van der Waals surface area contributed by atoms with E-state index in [-0.39, 0.29) is 11.7 Å². The zero-order chi connectivity index (χ0) is 19.4. The summed E-state index contributed by atoms with van der Waals surface area (Å²) in [4.78, 5) is 28.6. The summed E-state index contributed by atoms with van der Waals surface area (Å²) in [6.45, 7) is 4.04. The largest absolute Gasteiger partial charge is 0.272 e. The molecule has 0 atom stereocenters. The van der Waals surface area contributed by atoms with Crippen LogP contribution in [0.15, 0.2) is 53.6 Å². The first-order valence-corrected chi connectivity index (χ1v) is 9.65. The molecule has 3 rings (SSSR count). The van der Waals surface area contributed by atoms with E-state index in [1.165, 1.54) is 11.8 Å². The number of aromatic nitrogens is 1. The second kappa shape index (κ2) is 8.41. The predicted octanol–water partition coefficient (Wildman–Crippen LogP) is 4.06. The van der Waals surface area contributed by atoms with Gasteiger partial charge in [0.15, 0.2) is 0 Å². The molecular weight excluding hydrogens is 382 g/mol. The maximum Gasteiger partial charge on any atom is 0.269 e. The van der Waals surface area contributed by atoms with E-state index in [1.807, 2.05) is 38.1 Å². The van der Waals surface area contributed by atoms with Crippen molar-refractivity contribution in [2.45, 2.75) is 18.9 Å². The second-order valence-electron chi connectivity index (χ2n) is 6.05. The molecule has 7 heteroatoms. The lowest BCUT2D eigenvalue weighted by molar-refractivity contribution is -0.119. The van der Waals surface area contributed by atoms with Crippen molar-refractivity contribution >= 4 is 46.1 Å². The minimum atomic E-state index is -0.402. The fourth-order valence-corrected chi connectivity index (χ4v) is 3.47. The fourth-order valence-electron chi connectivity index (χ4n) is 2.58. The second-order valence-corrected chi connectivity index (χ2v) is 7.48. The monoisotopic (exact) mass is 399 g/mol. The molecule has 3 aromatic rings. The molecule has 1 aromatic heterocycles. The third-order valence-corrected chi connectivity index (χ3v) is 5.16. The summed E-state index contributed by atoms with van der Waals surface area (Å²) in [6.07, 6.45) is 0. The molecule has 2 amide bonds. The van der Waals surface area contributed by atoms with E-state index in [0.29, 0.717) is 10.6 Å². The lowest BCUT2D eigenvalue weighted by Crippen LogP contribution is -2.42. The Bertz CT molecular complexity index is 1010. The molecule has 2 N–H and O–H groups in total. The fraction of sp³-hybridized carbons (Fsp3) is 0.150. The molecule has 0 saturated heterocycles. The number of rotatable bonds is 4. The van der Waals surface area contributed by atoms with E-state index in [0.717, 1.165) is 27.1 Å². The van der Waals surface area contributed by atoms with Crippen LogP contribution in [-0.4, -0.2) is 22.6 Å². The predicted molar refractivity (Wildman–Crippen MR) is 109 cm³/mol. The van der Waals surface area contributed by atoms with E-state index in [1.54, 1.807) is 24.3 Å². The normalized spacial score (nSPS) is 10.6. The molecule has 0 spiro atoms. The van der Waals surface area contributed by atoms with Crippen LogP contribution in [0.4, 0.5) is 0 Å². The molecule has 5 nitrogen and oxygen atoms in total. The number of nitrogens with one attached hydrogen (secondary N) is 2. The van der Waals surface area contributed by atoms with Gasteiger partial charge < -0.3 is 0 Å². The van der Waals surface area contributed by atoms with Gasteiger partial charge in [-0.05, 0) is 55.3 Å². The number of hydrogen-bond acceptors (Lipinski definition) is 4. The maximum absolute atomic E-state index is 12.0. The van der Waals surface area contributed by atoms with Gasteiger partial charge in [0.2, 0.25) is 5.91 Å². The van der Waals surface area contributed by atoms with Gasteiger partial charge in [0.25, 0.3) is 5.91 Å². The molecule has 0 aliphatic rings. The van der Waals surface area contributed by atoms with Crippen molar-refractivity contribution in [1.29, 1.82) is 0 Å². The number of carbonyl (C=O) groups is 2. The number of halogens is 1. The first-order chi connectivity index (χ1) is 12.9. The Morgan fingerprint density at radius 1 is 1.04 bits per heavy atom. The molecule has 0 bridgehead atoms. The number of pyridine rings is 1. The minimum absolute atomic E-state index is 0.144. The summed E-state index contributed by atoms with van der Waals surface area (Å²) < 4.78 is 0. The van der Waals surface area contributed by atoms with E-state index in [4.69, 9.17) is 11.6 Å². The Morgan fingerprint density at radius 3 is 2.52 bits per heavy atom. The molecule has 138 valence electrons. The van der Waals surface area contributed by atoms with Crippen LogP contribution in [0.1, 0.15) is 21.5 Å². The number of hydrazine groups is 1. The Hall–Kier alpha value is -2.57. The third kappa shape index (κ3) is 4.78. The number of nitrogens with zero attached hydrogens (tertiary/aromatic N) is 1. The average molecular weight is 400 g/mol. The molecule has 0 fully saturated rings. The quantitative estimate of drug-likeness (QED) is 0.512. The molecule has 0 aliphatic carbocycles. The molecule has 2 aromatic carbocycles. The smallest absolute Gasteiger partial charge is 0.269 e. The van der Waals surface area contributed by atoms with Gasteiger partial charge in [0.1, 0.15) is 0 Å². The Labute approximate surface area is 166 Å². The van der Waals surface area contributed by atoms with E-state index in [9.17, 15) is 9.59 Å². The van der Waals surface area contributed by atoms with Crippen LogP contribution in [0, 0.1) is 13.8 Å². The van der Waals surface area contributed by atoms with Gasteiger partial charge in [-0.2, -0.15) is 0 Å². The van der Waals surface area contributed by atoms with Gasteiger partial charge >= 0.3 is 0 Å². The Balaban J connectivity index is 1.57. The van der Waals surface area contributed by atoms with Crippen LogP contribution in [0.3, 0.4) is 0 Å². The van der Waals surface area contributed by atoms with E-state index >= 15 is 0 Å². The number of fused-ring (bicyclic) bond motifs is 1. The number of benzene rings is 2. The standard InChI is InChI=1S/C20H18ClN3O2S/c1-12-4-3-5-16-13(2)10-18(22-19(12)16)27-11-17(25)23-24-20(26)14-6-8-15(21)9-7-14/h3-10H,11H2,1-2H3,(H,23,25)(H,24,26). The van der Waals surface area contributed by atoms with Crippen LogP contribution in [-0.2, 0) is 4.79 Å². The van der Waals surface area contributed by atoms with Crippen molar-refractivity contribution in [3.05, 3.63) is 70.2 Å². The number of para-hydroxylation sites is 1. The Kier molecular flexibility index (Phi) is 5.98. The molecule has 0 radical (unpaired) electrons. The summed E-state index contributed by atoms with van der Waals surface area (Å²) >= 11 is 7.11. The van der Waals surface area contributed by atoms with Gasteiger partial charge in [0, 0.05) is 16.0 Å². The SMILES string of the molecule is Cc1cc(SCC(=O)NNC(=O)c2ccc(Cl)cc2)nc2c(C)cccc12. The van der Waals surface area contributed by atoms with Crippen molar-refractivity contribution in [2.24, 2.45) is 0 Å². The van der Waals surface area contributed by atoms with Gasteiger partial charge in [-0.25, -0.2) is 4.98 Å². The highest BCUT2D eigenvalue weighted by atomic mass is 35.5. The van der Waals surface area contributed by atoms with E-state index < -0.39 is 5.91 Å². The first-order valence-electron chi connectivity index (χ1n) is 8.28. The molecular formula is C20H18ClN3O2S. The Morgan fingerprint density at radius 2 is 1.78 bits per heavy atom. The maximum atomic E-state index is 12.0. The third-order valence-electron chi connectivity index (χ3n) is 4.00. The number of carbonyl (C=O) groups excluding carboxylic acids is 2. The summed E-state index contributed by atoms with van der Waals surface area (Å²) in [6, 6.07) is 14.4. The van der Waals surface area contributed by atoms with Crippen molar-refractivity contribution in [3.63, 3.8) is 0 Å². The zero-order valence-corrected chi connectivity index (χ0v) is 16.4. The molecule has 0 aliphatic heterocycles. The van der Waals surface area contributed by atoms with Crippen LogP contribution in [0.2, 0.25) is 5.02 Å². The van der Waals surface area contributed by atoms with Crippen molar-refractivity contribution in [2.75, 3.05) is 5.75 Å². The number of aryl methyl sites for hydroxylation is 2. The van der Waals surface area contributed by atoms with Gasteiger partial charge in [0.05, 0.1) is 16.3 Å². The minimum Gasteiger partial charge on any atom is -0.272 e. The zero-order valence-electron chi connectivity index (χ0n) is 14.9. The van der Waals surface area contributed by atoms with Gasteiger partial charge in [-0.3, -0.25) is 20.4 Å². The van der Waals surface area contributed by atoms with Crippen LogP contribution >= 0.6 is 23.4 Å². The number of thioether (sulfide) groups is 1.